The van der Waals surface area contributed by atoms with E-state index in [0.717, 1.165) is 31.7 Å². The maximum Gasteiger partial charge on any atom is 0.341 e. The minimum Gasteiger partial charge on any atom is -0.494 e. The van der Waals surface area contributed by atoms with Crippen LogP contribution in [0.1, 0.15) is 23.2 Å². The molecule has 0 spiro atoms. The molecule has 0 amide bonds. The lowest BCUT2D eigenvalue weighted by Crippen LogP contribution is -2.37. The highest BCUT2D eigenvalue weighted by Gasteiger charge is 2.25. The third-order valence-electron chi connectivity index (χ3n) is 3.76. The summed E-state index contributed by atoms with van der Waals surface area (Å²) in [6.45, 7) is 1.48. The topological polar surface area (TPSA) is 48.0 Å². The van der Waals surface area contributed by atoms with Crippen LogP contribution in [-0.4, -0.2) is 46.5 Å². The van der Waals surface area contributed by atoms with E-state index in [1.54, 1.807) is 6.07 Å². The number of nitrogens with zero attached hydrogens (tertiary/aromatic N) is 1. The highest BCUT2D eigenvalue weighted by atomic mass is 35.5. The van der Waals surface area contributed by atoms with Gasteiger partial charge in [0.25, 0.3) is 0 Å². The second-order valence-electron chi connectivity index (χ2n) is 4.95. The van der Waals surface area contributed by atoms with Crippen molar-refractivity contribution in [3.8, 4) is 5.75 Å². The van der Waals surface area contributed by atoms with Crippen LogP contribution in [0.2, 0.25) is 5.02 Å². The second-order valence-corrected chi connectivity index (χ2v) is 5.39. The molecule has 0 radical (unpaired) electrons. The van der Waals surface area contributed by atoms with Gasteiger partial charge in [-0.05, 0) is 25.0 Å². The van der Waals surface area contributed by atoms with Gasteiger partial charge in [-0.2, -0.15) is 0 Å². The van der Waals surface area contributed by atoms with Gasteiger partial charge in [0.05, 0.1) is 19.9 Å². The zero-order valence-electron chi connectivity index (χ0n) is 12.5. The molecule has 1 aromatic carbocycles. The van der Waals surface area contributed by atoms with Crippen molar-refractivity contribution in [2.24, 2.45) is 0 Å². The lowest BCUT2D eigenvalue weighted by Gasteiger charge is -2.34. The quantitative estimate of drug-likeness (QED) is 0.800. The first-order chi connectivity index (χ1) is 10.1. The van der Waals surface area contributed by atoms with Crippen molar-refractivity contribution in [1.82, 2.24) is 0 Å². The summed E-state index contributed by atoms with van der Waals surface area (Å²) < 4.78 is 15.6. The van der Waals surface area contributed by atoms with E-state index in [4.69, 9.17) is 25.8 Å². The van der Waals surface area contributed by atoms with Gasteiger partial charge < -0.3 is 19.1 Å². The monoisotopic (exact) mass is 313 g/mol. The SMILES string of the molecule is COC(=O)c1cc(Cl)cc(N(C)C2CCOCC2)c1OC. The van der Waals surface area contributed by atoms with E-state index >= 15 is 0 Å². The third-order valence-corrected chi connectivity index (χ3v) is 3.98. The first-order valence-electron chi connectivity index (χ1n) is 6.85. The Balaban J connectivity index is 2.41. The fourth-order valence-corrected chi connectivity index (χ4v) is 2.80. The van der Waals surface area contributed by atoms with Gasteiger partial charge in [0.15, 0.2) is 5.75 Å². The Hall–Kier alpha value is -1.46. The summed E-state index contributed by atoms with van der Waals surface area (Å²) in [6.07, 6.45) is 1.86. The number of benzene rings is 1. The van der Waals surface area contributed by atoms with Crippen LogP contribution in [0.3, 0.4) is 0 Å². The molecular formula is C15H20ClNO4. The molecule has 0 saturated carbocycles. The Kier molecular flexibility index (Phi) is 5.31. The predicted octanol–water partition coefficient (Wildman–Crippen LogP) is 2.75. The van der Waals surface area contributed by atoms with Gasteiger partial charge in [-0.1, -0.05) is 11.6 Å². The third kappa shape index (κ3) is 3.41. The Morgan fingerprint density at radius 2 is 2.00 bits per heavy atom. The smallest absolute Gasteiger partial charge is 0.341 e. The maximum absolute atomic E-state index is 11.9. The molecule has 1 heterocycles. The minimum absolute atomic E-state index is 0.330. The highest BCUT2D eigenvalue weighted by molar-refractivity contribution is 6.31. The number of anilines is 1. The summed E-state index contributed by atoms with van der Waals surface area (Å²) in [6, 6.07) is 3.70. The van der Waals surface area contributed by atoms with Gasteiger partial charge in [-0.15, -0.1) is 0 Å². The van der Waals surface area contributed by atoms with Gasteiger partial charge in [0.2, 0.25) is 0 Å². The van der Waals surface area contributed by atoms with Crippen LogP contribution in [0.5, 0.6) is 5.75 Å². The molecule has 0 aliphatic carbocycles. The van der Waals surface area contributed by atoms with Crippen LogP contribution in [0.15, 0.2) is 12.1 Å². The van der Waals surface area contributed by atoms with E-state index in [1.807, 2.05) is 13.1 Å². The number of ether oxygens (including phenoxy) is 3. The average molecular weight is 314 g/mol. The molecule has 0 N–H and O–H groups in total. The number of hydrogen-bond donors (Lipinski definition) is 0. The summed E-state index contributed by atoms with van der Waals surface area (Å²) >= 11 is 6.15. The highest BCUT2D eigenvalue weighted by Crippen LogP contribution is 2.37. The molecule has 0 atom stereocenters. The molecule has 5 nitrogen and oxygen atoms in total. The Labute approximate surface area is 129 Å². The zero-order chi connectivity index (χ0) is 15.4. The molecule has 2 rings (SSSR count). The van der Waals surface area contributed by atoms with Crippen molar-refractivity contribution in [1.29, 1.82) is 0 Å². The molecule has 1 saturated heterocycles. The van der Waals surface area contributed by atoms with Crippen molar-refractivity contribution in [3.63, 3.8) is 0 Å². The Morgan fingerprint density at radius 1 is 1.33 bits per heavy atom. The zero-order valence-corrected chi connectivity index (χ0v) is 13.3. The van der Waals surface area contributed by atoms with Crippen LogP contribution < -0.4 is 9.64 Å². The van der Waals surface area contributed by atoms with E-state index in [2.05, 4.69) is 4.90 Å². The molecule has 6 heteroatoms. The van der Waals surface area contributed by atoms with Crippen LogP contribution >= 0.6 is 11.6 Å². The number of hydrogen-bond acceptors (Lipinski definition) is 5. The molecule has 0 unspecified atom stereocenters. The summed E-state index contributed by atoms with van der Waals surface area (Å²) in [5.41, 5.74) is 1.12. The normalized spacial score (nSPS) is 15.6. The molecule has 0 bridgehead atoms. The first kappa shape index (κ1) is 15.9. The van der Waals surface area contributed by atoms with E-state index in [9.17, 15) is 4.79 Å². The van der Waals surface area contributed by atoms with Gasteiger partial charge in [-0.3, -0.25) is 0 Å². The van der Waals surface area contributed by atoms with Gasteiger partial charge >= 0.3 is 5.97 Å². The standard InChI is InChI=1S/C15H20ClNO4/c1-17(11-4-6-21-7-5-11)13-9-10(16)8-12(14(13)19-2)15(18)20-3/h8-9,11H,4-7H2,1-3H3. The average Bonchev–Trinajstić information content (AvgIpc) is 2.53. The number of carbonyl (C=O) groups is 1. The second kappa shape index (κ2) is 7.00. The van der Waals surface area contributed by atoms with Crippen molar-refractivity contribution in [3.05, 3.63) is 22.7 Å². The molecule has 116 valence electrons. The molecular weight excluding hydrogens is 294 g/mol. The van der Waals surface area contributed by atoms with Gasteiger partial charge in [-0.25, -0.2) is 4.79 Å². The lowest BCUT2D eigenvalue weighted by molar-refractivity contribution is 0.0597. The summed E-state index contributed by atoms with van der Waals surface area (Å²) in [7, 11) is 4.85. The van der Waals surface area contributed by atoms with E-state index < -0.39 is 5.97 Å². The lowest BCUT2D eigenvalue weighted by atomic mass is 10.1. The first-order valence-corrected chi connectivity index (χ1v) is 7.22. The van der Waals surface area contributed by atoms with E-state index in [1.165, 1.54) is 14.2 Å². The fraction of sp³-hybridized carbons (Fsp3) is 0.533. The Bertz CT molecular complexity index is 515. The van der Waals surface area contributed by atoms with E-state index in [-0.39, 0.29) is 0 Å². The number of carbonyl (C=O) groups excluding carboxylic acids is 1. The number of halogens is 1. The molecule has 1 fully saturated rings. The van der Waals surface area contributed by atoms with Crippen molar-refractivity contribution >= 4 is 23.3 Å². The summed E-state index contributed by atoms with van der Waals surface area (Å²) in [5, 5.41) is 0.477. The van der Waals surface area contributed by atoms with Crippen LogP contribution in [-0.2, 0) is 9.47 Å². The minimum atomic E-state index is -0.462. The molecule has 1 aliphatic rings. The number of methoxy groups -OCH3 is 2. The van der Waals surface area contributed by atoms with Crippen molar-refractivity contribution in [2.75, 3.05) is 39.4 Å². The summed E-state index contributed by atoms with van der Waals surface area (Å²) in [4.78, 5) is 14.0. The Morgan fingerprint density at radius 3 is 2.57 bits per heavy atom. The molecule has 1 aromatic rings. The van der Waals surface area contributed by atoms with Crippen molar-refractivity contribution < 1.29 is 19.0 Å². The van der Waals surface area contributed by atoms with Crippen LogP contribution in [0.25, 0.3) is 0 Å². The van der Waals surface area contributed by atoms with Gasteiger partial charge in [0, 0.05) is 31.3 Å². The van der Waals surface area contributed by atoms with Gasteiger partial charge in [0.1, 0.15) is 5.56 Å². The fourth-order valence-electron chi connectivity index (χ4n) is 2.59. The predicted molar refractivity (Wildman–Crippen MR) is 81.6 cm³/mol. The number of rotatable bonds is 4. The molecule has 1 aliphatic heterocycles. The van der Waals surface area contributed by atoms with E-state index in [0.29, 0.717) is 22.4 Å². The van der Waals surface area contributed by atoms with Crippen molar-refractivity contribution in [2.45, 2.75) is 18.9 Å². The van der Waals surface area contributed by atoms with Crippen LogP contribution in [0.4, 0.5) is 5.69 Å². The van der Waals surface area contributed by atoms with Crippen LogP contribution in [0, 0.1) is 0 Å². The molecule has 21 heavy (non-hydrogen) atoms. The number of esters is 1. The maximum atomic E-state index is 11.9. The summed E-state index contributed by atoms with van der Waals surface area (Å²) in [5.74, 6) is 0.0243. The largest absolute Gasteiger partial charge is 0.494 e. The molecule has 0 aromatic heterocycles.